The van der Waals surface area contributed by atoms with Crippen LogP contribution < -0.4 is 4.72 Å². The Kier molecular flexibility index (Phi) is 2.11. The van der Waals surface area contributed by atoms with Crippen LogP contribution in [0.15, 0.2) is 18.5 Å². The normalized spacial score (nSPS) is 11.9. The summed E-state index contributed by atoms with van der Waals surface area (Å²) >= 11 is 0. The van der Waals surface area contributed by atoms with Gasteiger partial charge in [-0.25, -0.2) is 17.9 Å². The third-order valence-electron chi connectivity index (χ3n) is 1.74. The Morgan fingerprint density at radius 2 is 2.20 bits per heavy atom. The molecule has 0 aromatic carbocycles. The van der Waals surface area contributed by atoms with Gasteiger partial charge >= 0.3 is 0 Å². The quantitative estimate of drug-likeness (QED) is 0.804. The van der Waals surface area contributed by atoms with Crippen LogP contribution in [0.1, 0.15) is 5.69 Å². The molecule has 2 rings (SSSR count). The minimum atomic E-state index is -3.27. The summed E-state index contributed by atoms with van der Waals surface area (Å²) in [7, 11) is -3.27. The fraction of sp³-hybridized carbons (Fsp3) is 0.250. The molecule has 0 fully saturated rings. The standard InChI is InChI=1S/C8H10N4O2S/c1-6-3-8-9-4-7(5-12(8)10-6)11-15(2,13)14/h3-5,11H,1-2H3. The molecule has 2 aromatic rings. The number of nitrogens with zero attached hydrogens (tertiary/aromatic N) is 3. The van der Waals surface area contributed by atoms with E-state index in [1.54, 1.807) is 6.20 Å². The fourth-order valence-corrected chi connectivity index (χ4v) is 1.80. The summed E-state index contributed by atoms with van der Waals surface area (Å²) < 4.78 is 25.8. The predicted octanol–water partition coefficient (Wildman–Crippen LogP) is 0.409. The van der Waals surface area contributed by atoms with Gasteiger partial charge in [0.2, 0.25) is 10.0 Å². The zero-order valence-electron chi connectivity index (χ0n) is 8.30. The largest absolute Gasteiger partial charge is 0.281 e. The molecule has 0 amide bonds. The van der Waals surface area contributed by atoms with Gasteiger partial charge in [-0.2, -0.15) is 5.10 Å². The molecule has 6 nitrogen and oxygen atoms in total. The maximum Gasteiger partial charge on any atom is 0.229 e. The van der Waals surface area contributed by atoms with Crippen molar-refractivity contribution in [2.45, 2.75) is 6.92 Å². The van der Waals surface area contributed by atoms with Crippen LogP contribution in [-0.4, -0.2) is 29.3 Å². The van der Waals surface area contributed by atoms with Gasteiger partial charge in [0.05, 0.1) is 30.0 Å². The molecule has 80 valence electrons. The van der Waals surface area contributed by atoms with Crippen molar-refractivity contribution in [3.05, 3.63) is 24.2 Å². The zero-order chi connectivity index (χ0) is 11.1. The molecule has 1 N–H and O–H groups in total. The maximum absolute atomic E-state index is 11.0. The van der Waals surface area contributed by atoms with Crippen LogP contribution in [0.2, 0.25) is 0 Å². The Bertz CT molecular complexity index is 602. The lowest BCUT2D eigenvalue weighted by atomic mass is 10.5. The molecule has 0 aliphatic rings. The lowest BCUT2D eigenvalue weighted by Crippen LogP contribution is -2.10. The van der Waals surface area contributed by atoms with Crippen LogP contribution in [-0.2, 0) is 10.0 Å². The van der Waals surface area contributed by atoms with E-state index in [1.165, 1.54) is 10.7 Å². The Morgan fingerprint density at radius 1 is 1.47 bits per heavy atom. The van der Waals surface area contributed by atoms with E-state index in [9.17, 15) is 8.42 Å². The zero-order valence-corrected chi connectivity index (χ0v) is 9.11. The van der Waals surface area contributed by atoms with Gasteiger partial charge in [0, 0.05) is 6.07 Å². The molecule has 0 unspecified atom stereocenters. The number of hydrogen-bond acceptors (Lipinski definition) is 4. The van der Waals surface area contributed by atoms with Crippen LogP contribution in [0.4, 0.5) is 5.69 Å². The molecule has 0 aliphatic carbocycles. The molecule has 15 heavy (non-hydrogen) atoms. The first kappa shape index (κ1) is 9.91. The average Bonchev–Trinajstić information content (AvgIpc) is 2.40. The minimum absolute atomic E-state index is 0.396. The molecule has 0 saturated carbocycles. The Labute approximate surface area is 87.0 Å². The van der Waals surface area contributed by atoms with Gasteiger partial charge < -0.3 is 0 Å². The molecule has 0 bridgehead atoms. The van der Waals surface area contributed by atoms with Gasteiger partial charge in [-0.1, -0.05) is 0 Å². The number of aryl methyl sites for hydroxylation is 1. The molecule has 0 saturated heterocycles. The molecule has 0 aliphatic heterocycles. The van der Waals surface area contributed by atoms with Gasteiger partial charge in [0.15, 0.2) is 5.65 Å². The third kappa shape index (κ3) is 2.24. The average molecular weight is 226 g/mol. The first-order chi connectivity index (χ1) is 6.94. The Hall–Kier alpha value is -1.63. The summed E-state index contributed by atoms with van der Waals surface area (Å²) in [6.07, 6.45) is 4.12. The van der Waals surface area contributed by atoms with Gasteiger partial charge in [-0.05, 0) is 6.92 Å². The number of hydrogen-bond donors (Lipinski definition) is 1. The van der Waals surface area contributed by atoms with Crippen molar-refractivity contribution < 1.29 is 8.42 Å². The van der Waals surface area contributed by atoms with Gasteiger partial charge in [0.1, 0.15) is 0 Å². The van der Waals surface area contributed by atoms with Crippen molar-refractivity contribution in [1.29, 1.82) is 0 Å². The van der Waals surface area contributed by atoms with Gasteiger partial charge in [0.25, 0.3) is 0 Å². The number of rotatable bonds is 2. The van der Waals surface area contributed by atoms with Crippen LogP contribution in [0.5, 0.6) is 0 Å². The topological polar surface area (TPSA) is 76.4 Å². The summed E-state index contributed by atoms with van der Waals surface area (Å²) in [5.74, 6) is 0. The van der Waals surface area contributed by atoms with Crippen molar-refractivity contribution >= 4 is 21.4 Å². The summed E-state index contributed by atoms with van der Waals surface area (Å²) in [4.78, 5) is 4.06. The van der Waals surface area contributed by atoms with E-state index in [2.05, 4.69) is 14.8 Å². The van der Waals surface area contributed by atoms with Crippen LogP contribution in [0.25, 0.3) is 5.65 Å². The third-order valence-corrected chi connectivity index (χ3v) is 2.35. The molecular weight excluding hydrogens is 216 g/mol. The highest BCUT2D eigenvalue weighted by Gasteiger charge is 2.04. The van der Waals surface area contributed by atoms with E-state index in [1.807, 2.05) is 13.0 Å². The highest BCUT2D eigenvalue weighted by molar-refractivity contribution is 7.92. The second kappa shape index (κ2) is 3.20. The molecular formula is C8H10N4O2S. The minimum Gasteiger partial charge on any atom is -0.281 e. The van der Waals surface area contributed by atoms with E-state index in [-0.39, 0.29) is 0 Å². The van der Waals surface area contributed by atoms with Crippen LogP contribution >= 0.6 is 0 Å². The lowest BCUT2D eigenvalue weighted by molar-refractivity contribution is 0.606. The Balaban J connectivity index is 2.47. The van der Waals surface area contributed by atoms with Gasteiger partial charge in [-0.15, -0.1) is 0 Å². The van der Waals surface area contributed by atoms with Crippen molar-refractivity contribution in [1.82, 2.24) is 14.6 Å². The van der Waals surface area contributed by atoms with Crippen molar-refractivity contribution in [3.63, 3.8) is 0 Å². The smallest absolute Gasteiger partial charge is 0.229 e. The Morgan fingerprint density at radius 3 is 2.87 bits per heavy atom. The number of nitrogens with one attached hydrogen (secondary N) is 1. The van der Waals surface area contributed by atoms with Gasteiger partial charge in [-0.3, -0.25) is 4.72 Å². The van der Waals surface area contributed by atoms with E-state index < -0.39 is 10.0 Å². The number of aromatic nitrogens is 3. The fourth-order valence-electron chi connectivity index (χ4n) is 1.26. The van der Waals surface area contributed by atoms with E-state index >= 15 is 0 Å². The monoisotopic (exact) mass is 226 g/mol. The SMILES string of the molecule is Cc1cc2ncc(NS(C)(=O)=O)cn2n1. The second-order valence-electron chi connectivity index (χ2n) is 3.31. The second-order valence-corrected chi connectivity index (χ2v) is 5.05. The number of sulfonamides is 1. The summed E-state index contributed by atoms with van der Waals surface area (Å²) in [6, 6.07) is 1.81. The molecule has 2 aromatic heterocycles. The first-order valence-electron chi connectivity index (χ1n) is 4.24. The number of anilines is 1. The van der Waals surface area contributed by atoms with E-state index in [4.69, 9.17) is 0 Å². The molecule has 0 radical (unpaired) electrons. The predicted molar refractivity (Wildman–Crippen MR) is 56.2 cm³/mol. The summed E-state index contributed by atoms with van der Waals surface area (Å²) in [5, 5.41) is 4.12. The summed E-state index contributed by atoms with van der Waals surface area (Å²) in [6.45, 7) is 1.85. The highest BCUT2D eigenvalue weighted by Crippen LogP contribution is 2.09. The highest BCUT2D eigenvalue weighted by atomic mass is 32.2. The first-order valence-corrected chi connectivity index (χ1v) is 6.13. The molecule has 2 heterocycles. The van der Waals surface area contributed by atoms with Crippen molar-refractivity contribution in [2.75, 3.05) is 11.0 Å². The molecule has 0 spiro atoms. The van der Waals surface area contributed by atoms with E-state index in [0.717, 1.165) is 11.9 Å². The summed E-state index contributed by atoms with van der Waals surface area (Å²) in [5.41, 5.74) is 1.92. The van der Waals surface area contributed by atoms with Crippen molar-refractivity contribution in [2.24, 2.45) is 0 Å². The van der Waals surface area contributed by atoms with E-state index in [0.29, 0.717) is 11.3 Å². The molecule has 7 heteroatoms. The van der Waals surface area contributed by atoms with Crippen LogP contribution in [0.3, 0.4) is 0 Å². The van der Waals surface area contributed by atoms with Crippen LogP contribution in [0, 0.1) is 6.92 Å². The van der Waals surface area contributed by atoms with Crippen molar-refractivity contribution in [3.8, 4) is 0 Å². The number of fused-ring (bicyclic) bond motifs is 1. The lowest BCUT2D eigenvalue weighted by Gasteiger charge is -2.02. The molecule has 0 atom stereocenters. The maximum atomic E-state index is 11.0.